The molecule has 0 aromatic heterocycles. The first-order valence-electron chi connectivity index (χ1n) is 12.1. The van der Waals surface area contributed by atoms with E-state index in [1.54, 1.807) is 6.92 Å². The Balaban J connectivity index is 2.10. The van der Waals surface area contributed by atoms with Crippen molar-refractivity contribution in [3.05, 3.63) is 0 Å². The average Bonchev–Trinajstić information content (AvgIpc) is 3.10. The quantitative estimate of drug-likeness (QED) is 0.247. The van der Waals surface area contributed by atoms with Gasteiger partial charge in [-0.25, -0.2) is 4.79 Å². The third kappa shape index (κ3) is 6.24. The summed E-state index contributed by atoms with van der Waals surface area (Å²) in [7, 11) is -4.57. The first kappa shape index (κ1) is 28.4. The molecular formula is C22H39N3O8P+. The zero-order chi connectivity index (χ0) is 25.7. The molecule has 2 aliphatic rings. The summed E-state index contributed by atoms with van der Waals surface area (Å²) in [5.74, 6) is -3.05. The number of amides is 4. The van der Waals surface area contributed by atoms with Crippen molar-refractivity contribution >= 4 is 31.4 Å². The van der Waals surface area contributed by atoms with Gasteiger partial charge in [0.15, 0.2) is 6.10 Å². The van der Waals surface area contributed by atoms with Crippen LogP contribution in [0.25, 0.3) is 0 Å². The molecule has 6 atom stereocenters. The monoisotopic (exact) mass is 504 g/mol. The van der Waals surface area contributed by atoms with E-state index >= 15 is 0 Å². The summed E-state index contributed by atoms with van der Waals surface area (Å²) in [4.78, 5) is 60.6. The molecule has 0 radical (unpaired) electrons. The van der Waals surface area contributed by atoms with Crippen molar-refractivity contribution in [3.8, 4) is 0 Å². The Morgan fingerprint density at radius 3 is 2.24 bits per heavy atom. The average molecular weight is 505 g/mol. The summed E-state index contributed by atoms with van der Waals surface area (Å²) in [5.41, 5.74) is 0. The first-order chi connectivity index (χ1) is 15.9. The maximum absolute atomic E-state index is 13.2. The molecule has 4 amide bonds. The second-order valence-electron chi connectivity index (χ2n) is 9.54. The summed E-state index contributed by atoms with van der Waals surface area (Å²) in [6.07, 6.45) is 2.15. The van der Waals surface area contributed by atoms with E-state index < -0.39 is 54.0 Å². The second kappa shape index (κ2) is 11.7. The summed E-state index contributed by atoms with van der Waals surface area (Å²) in [6.45, 7) is 6.39. The van der Waals surface area contributed by atoms with Crippen LogP contribution in [-0.4, -0.2) is 68.8 Å². The number of rotatable bonds is 11. The van der Waals surface area contributed by atoms with Crippen molar-refractivity contribution in [2.75, 3.05) is 6.54 Å². The fraction of sp³-hybridized carbons (Fsp3) is 0.818. The van der Waals surface area contributed by atoms with Gasteiger partial charge in [-0.1, -0.05) is 26.2 Å². The van der Waals surface area contributed by atoms with Gasteiger partial charge >= 0.3 is 19.6 Å². The largest absolute Gasteiger partial charge is 0.521 e. The molecule has 1 aliphatic carbocycles. The Labute approximate surface area is 200 Å². The SMILES string of the molecule is CCCC[C@@H](NC(=O)C(C)NC(=O)C1CCC1)P(=O)(O)OC(C)C(=O)[N+]1(C(=O)O)CCC[C@H]1C. The van der Waals surface area contributed by atoms with Crippen molar-refractivity contribution in [1.29, 1.82) is 0 Å². The zero-order valence-electron chi connectivity index (χ0n) is 20.5. The molecule has 1 saturated heterocycles. The van der Waals surface area contributed by atoms with Gasteiger partial charge in [-0.2, -0.15) is 9.28 Å². The molecule has 1 aliphatic heterocycles. The first-order valence-corrected chi connectivity index (χ1v) is 13.8. The number of nitrogens with zero attached hydrogens (tertiary/aromatic N) is 1. The molecule has 11 nitrogen and oxygen atoms in total. The lowest BCUT2D eigenvalue weighted by Gasteiger charge is -2.33. The molecule has 4 unspecified atom stereocenters. The van der Waals surface area contributed by atoms with Crippen LogP contribution in [0.5, 0.6) is 0 Å². The van der Waals surface area contributed by atoms with Crippen molar-refractivity contribution in [2.24, 2.45) is 5.92 Å². The molecular weight excluding hydrogens is 465 g/mol. The third-order valence-corrected chi connectivity index (χ3v) is 8.83. The summed E-state index contributed by atoms with van der Waals surface area (Å²) >= 11 is 0. The lowest BCUT2D eigenvalue weighted by atomic mass is 9.84. The van der Waals surface area contributed by atoms with Crippen molar-refractivity contribution in [3.63, 3.8) is 0 Å². The number of carbonyl (C=O) groups is 4. The van der Waals surface area contributed by atoms with Crippen LogP contribution < -0.4 is 10.6 Å². The second-order valence-corrected chi connectivity index (χ2v) is 11.5. The summed E-state index contributed by atoms with van der Waals surface area (Å²) in [6, 6.07) is -1.40. The van der Waals surface area contributed by atoms with Gasteiger partial charge in [-0.3, -0.25) is 18.7 Å². The number of likely N-dealkylation sites (tertiary alicyclic amines) is 1. The number of imide groups is 1. The minimum Gasteiger partial charge on any atom is -0.435 e. The van der Waals surface area contributed by atoms with Crippen LogP contribution in [0, 0.1) is 5.92 Å². The molecule has 0 bridgehead atoms. The Kier molecular flexibility index (Phi) is 9.82. The highest BCUT2D eigenvalue weighted by atomic mass is 31.2. The third-order valence-electron chi connectivity index (χ3n) is 7.04. The fourth-order valence-corrected chi connectivity index (χ4v) is 6.01. The maximum atomic E-state index is 13.2. The maximum Gasteiger partial charge on any atom is 0.521 e. The molecule has 194 valence electrons. The molecule has 0 spiro atoms. The van der Waals surface area contributed by atoms with Crippen molar-refractivity contribution < 1.29 is 42.7 Å². The lowest BCUT2D eigenvalue weighted by molar-refractivity contribution is -0.793. The van der Waals surface area contributed by atoms with Gasteiger partial charge < -0.3 is 20.6 Å². The number of carboxylic acid groups (broad SMARTS) is 1. The van der Waals surface area contributed by atoms with E-state index in [4.69, 9.17) is 4.52 Å². The number of hydrogen-bond donors (Lipinski definition) is 4. The molecule has 0 aromatic rings. The van der Waals surface area contributed by atoms with Crippen LogP contribution in [0.15, 0.2) is 0 Å². The minimum atomic E-state index is -4.57. The predicted octanol–water partition coefficient (Wildman–Crippen LogP) is 2.72. The fourth-order valence-electron chi connectivity index (χ4n) is 4.52. The molecule has 2 rings (SSSR count). The van der Waals surface area contributed by atoms with Gasteiger partial charge in [0.1, 0.15) is 17.9 Å². The molecule has 2 fully saturated rings. The molecule has 12 heteroatoms. The number of hydrogen-bond acceptors (Lipinski definition) is 6. The minimum absolute atomic E-state index is 0.0902. The van der Waals surface area contributed by atoms with Crippen LogP contribution >= 0.6 is 7.60 Å². The molecule has 4 N–H and O–H groups in total. The zero-order valence-corrected chi connectivity index (χ0v) is 21.4. The number of carbonyl (C=O) groups excluding carboxylic acids is 3. The molecule has 1 saturated carbocycles. The molecule has 0 aromatic carbocycles. The van der Waals surface area contributed by atoms with Crippen LogP contribution in [0.1, 0.15) is 79.1 Å². The Morgan fingerprint density at radius 1 is 1.12 bits per heavy atom. The van der Waals surface area contributed by atoms with E-state index in [0.29, 0.717) is 25.7 Å². The van der Waals surface area contributed by atoms with Crippen LogP contribution in [0.2, 0.25) is 0 Å². The highest BCUT2D eigenvalue weighted by Crippen LogP contribution is 2.50. The Bertz CT molecular complexity index is 833. The van der Waals surface area contributed by atoms with Gasteiger partial charge in [-0.15, -0.1) is 0 Å². The molecule has 1 heterocycles. The Hall–Kier alpha value is -1.81. The van der Waals surface area contributed by atoms with Crippen LogP contribution in [0.4, 0.5) is 4.79 Å². The smallest absolute Gasteiger partial charge is 0.435 e. The number of unbranched alkanes of at least 4 members (excludes halogenated alkanes) is 1. The standard InChI is InChI=1S/C22H38N3O8P/c1-5-6-12-18(24-19(26)15(3)23-20(27)17-10-7-11-17)34(31,32)33-16(4)21(28)25(22(29)30)13-8-9-14(25)2/h14-18H,5-13H2,1-4H3,(H3-,23,24,26,27,29,30,31,32)/p+1/t14-,15?,16?,18+,25?/m1/s1. The summed E-state index contributed by atoms with van der Waals surface area (Å²) < 4.78 is 17.6. The van der Waals surface area contributed by atoms with Gasteiger partial charge in [0.05, 0.1) is 6.54 Å². The van der Waals surface area contributed by atoms with E-state index in [9.17, 15) is 33.7 Å². The van der Waals surface area contributed by atoms with Gasteiger partial charge in [-0.05, 0) is 40.0 Å². The van der Waals surface area contributed by atoms with Gasteiger partial charge in [0.25, 0.3) is 0 Å². The topological polar surface area (TPSA) is 159 Å². The van der Waals surface area contributed by atoms with Crippen LogP contribution in [-0.2, 0) is 23.5 Å². The van der Waals surface area contributed by atoms with E-state index in [2.05, 4.69) is 10.6 Å². The van der Waals surface area contributed by atoms with E-state index in [1.807, 2.05) is 6.92 Å². The predicted molar refractivity (Wildman–Crippen MR) is 124 cm³/mol. The van der Waals surface area contributed by atoms with E-state index in [-0.39, 0.29) is 24.8 Å². The van der Waals surface area contributed by atoms with Crippen molar-refractivity contribution in [1.82, 2.24) is 10.6 Å². The van der Waals surface area contributed by atoms with E-state index in [0.717, 1.165) is 19.3 Å². The number of quaternary nitrogens is 1. The molecule has 34 heavy (non-hydrogen) atoms. The van der Waals surface area contributed by atoms with E-state index in [1.165, 1.54) is 13.8 Å². The summed E-state index contributed by atoms with van der Waals surface area (Å²) in [5, 5.41) is 14.9. The normalized spacial score (nSPS) is 27.0. The van der Waals surface area contributed by atoms with Crippen LogP contribution in [0.3, 0.4) is 0 Å². The number of nitrogens with one attached hydrogen (secondary N) is 2. The van der Waals surface area contributed by atoms with Crippen molar-refractivity contribution in [2.45, 2.75) is 103 Å². The highest BCUT2D eigenvalue weighted by molar-refractivity contribution is 7.53. The van der Waals surface area contributed by atoms with Gasteiger partial charge in [0, 0.05) is 18.8 Å². The lowest BCUT2D eigenvalue weighted by Crippen LogP contribution is -2.61. The highest BCUT2D eigenvalue weighted by Gasteiger charge is 2.55. The Morgan fingerprint density at radius 2 is 1.76 bits per heavy atom. The van der Waals surface area contributed by atoms with Gasteiger partial charge in [0.2, 0.25) is 11.8 Å².